The Labute approximate surface area is 112 Å². The molecule has 5 fully saturated rings. The molecule has 0 aromatic rings. The normalized spacial score (nSPS) is 52.5. The zero-order valence-electron chi connectivity index (χ0n) is 12.0. The van der Waals surface area contributed by atoms with E-state index in [1.807, 2.05) is 0 Å². The summed E-state index contributed by atoms with van der Waals surface area (Å²) in [6.45, 7) is 1.37. The van der Waals surface area contributed by atoms with Crippen molar-refractivity contribution >= 4 is 0 Å². The van der Waals surface area contributed by atoms with Crippen LogP contribution in [0.5, 0.6) is 0 Å². The van der Waals surface area contributed by atoms with Gasteiger partial charge in [-0.15, -0.1) is 0 Å². The Morgan fingerprint density at radius 2 is 1.44 bits per heavy atom. The molecule has 0 aromatic carbocycles. The van der Waals surface area contributed by atoms with Crippen molar-refractivity contribution in [3.05, 3.63) is 0 Å². The number of nitrogens with zero attached hydrogens (tertiary/aromatic N) is 1. The van der Waals surface area contributed by atoms with Crippen molar-refractivity contribution < 1.29 is 0 Å². The molecule has 5 aliphatic rings. The first-order valence-corrected chi connectivity index (χ1v) is 8.45. The third kappa shape index (κ3) is 1.77. The Morgan fingerprint density at radius 1 is 0.833 bits per heavy atom. The van der Waals surface area contributed by atoms with Crippen molar-refractivity contribution in [1.29, 1.82) is 0 Å². The van der Waals surface area contributed by atoms with Crippen LogP contribution >= 0.6 is 0 Å². The highest BCUT2D eigenvalue weighted by molar-refractivity contribution is 5.06. The van der Waals surface area contributed by atoms with E-state index in [9.17, 15) is 0 Å². The van der Waals surface area contributed by atoms with E-state index in [0.29, 0.717) is 0 Å². The maximum Gasteiger partial charge on any atom is 0.0149 e. The third-order valence-corrected chi connectivity index (χ3v) is 6.81. The second-order valence-electron chi connectivity index (χ2n) is 8.13. The van der Waals surface area contributed by atoms with Gasteiger partial charge in [0, 0.05) is 6.04 Å². The van der Waals surface area contributed by atoms with Crippen LogP contribution in [0.3, 0.4) is 0 Å². The van der Waals surface area contributed by atoms with E-state index in [2.05, 4.69) is 11.9 Å². The predicted molar refractivity (Wildman–Crippen MR) is 75.5 cm³/mol. The molecule has 4 saturated carbocycles. The summed E-state index contributed by atoms with van der Waals surface area (Å²) in [6, 6.07) is 0.938. The van der Waals surface area contributed by atoms with Crippen molar-refractivity contribution in [3.63, 3.8) is 0 Å². The molecule has 0 radical (unpaired) electrons. The Kier molecular flexibility index (Phi) is 2.76. The minimum atomic E-state index is 0.758. The van der Waals surface area contributed by atoms with E-state index in [1.165, 1.54) is 32.2 Å². The number of hydrogen-bond donors (Lipinski definition) is 0. The third-order valence-electron chi connectivity index (χ3n) is 6.81. The molecule has 0 amide bonds. The molecule has 1 saturated heterocycles. The van der Waals surface area contributed by atoms with Gasteiger partial charge in [-0.05, 0) is 88.1 Å². The Balaban J connectivity index is 1.62. The first-order chi connectivity index (χ1) is 8.75. The van der Waals surface area contributed by atoms with E-state index < -0.39 is 0 Å². The second-order valence-corrected chi connectivity index (χ2v) is 8.13. The highest BCUT2D eigenvalue weighted by atomic mass is 15.1. The van der Waals surface area contributed by atoms with Crippen molar-refractivity contribution in [3.8, 4) is 0 Å². The quantitative estimate of drug-likeness (QED) is 0.675. The summed E-state index contributed by atoms with van der Waals surface area (Å²) in [5.41, 5.74) is 0.758. The lowest BCUT2D eigenvalue weighted by atomic mass is 9.47. The second kappa shape index (κ2) is 4.23. The van der Waals surface area contributed by atoms with Gasteiger partial charge < -0.3 is 4.90 Å². The lowest BCUT2D eigenvalue weighted by Crippen LogP contribution is -2.56. The van der Waals surface area contributed by atoms with Crippen molar-refractivity contribution in [2.45, 2.75) is 70.3 Å². The zero-order chi connectivity index (χ0) is 12.2. The summed E-state index contributed by atoms with van der Waals surface area (Å²) < 4.78 is 0. The van der Waals surface area contributed by atoms with E-state index in [0.717, 1.165) is 29.2 Å². The van der Waals surface area contributed by atoms with Crippen molar-refractivity contribution in [1.82, 2.24) is 4.90 Å². The van der Waals surface area contributed by atoms with Gasteiger partial charge in [0.15, 0.2) is 0 Å². The fraction of sp³-hybridized carbons (Fsp3) is 1.00. The molecule has 1 nitrogen and oxygen atoms in total. The Hall–Kier alpha value is -0.0400. The standard InChI is InChI=1S/C17H29N/c1-18-6-4-2-3-5-16(18)17-10-13-7-14(11-17)9-15(8-13)12-17/h13-16H,2-12H2,1H3. The van der Waals surface area contributed by atoms with Crippen LogP contribution in [0, 0.1) is 23.2 Å². The highest BCUT2D eigenvalue weighted by Gasteiger charge is 2.54. The molecule has 0 N–H and O–H groups in total. The molecule has 0 aromatic heterocycles. The average Bonchev–Trinajstić information content (AvgIpc) is 2.52. The first-order valence-electron chi connectivity index (χ1n) is 8.45. The summed E-state index contributed by atoms with van der Waals surface area (Å²) >= 11 is 0. The van der Waals surface area contributed by atoms with Gasteiger partial charge in [-0.1, -0.05) is 12.8 Å². The van der Waals surface area contributed by atoms with Crippen LogP contribution in [-0.4, -0.2) is 24.5 Å². The molecule has 1 heterocycles. The van der Waals surface area contributed by atoms with Crippen molar-refractivity contribution in [2.75, 3.05) is 13.6 Å². The highest BCUT2D eigenvalue weighted by Crippen LogP contribution is 2.62. The average molecular weight is 247 g/mol. The molecule has 102 valence electrons. The van der Waals surface area contributed by atoms with E-state index in [-0.39, 0.29) is 0 Å². The van der Waals surface area contributed by atoms with Crippen LogP contribution in [0.25, 0.3) is 0 Å². The largest absolute Gasteiger partial charge is 0.303 e. The lowest BCUT2D eigenvalue weighted by molar-refractivity contribution is -0.0973. The van der Waals surface area contributed by atoms with Gasteiger partial charge in [-0.3, -0.25) is 0 Å². The summed E-state index contributed by atoms with van der Waals surface area (Å²) in [6.07, 6.45) is 15.5. The molecule has 1 heteroatoms. The molecular formula is C17H29N. The van der Waals surface area contributed by atoms with Gasteiger partial charge in [0.1, 0.15) is 0 Å². The van der Waals surface area contributed by atoms with E-state index in [4.69, 9.17) is 0 Å². The summed E-state index contributed by atoms with van der Waals surface area (Å²) in [4.78, 5) is 2.76. The van der Waals surface area contributed by atoms with Crippen molar-refractivity contribution in [2.24, 2.45) is 23.2 Å². The predicted octanol–water partition coefficient (Wildman–Crippen LogP) is 4.08. The minimum absolute atomic E-state index is 0.758. The molecule has 1 unspecified atom stereocenters. The van der Waals surface area contributed by atoms with Gasteiger partial charge >= 0.3 is 0 Å². The molecule has 0 spiro atoms. The van der Waals surface area contributed by atoms with Crippen LogP contribution in [0.15, 0.2) is 0 Å². The SMILES string of the molecule is CN1CCCCCC1C12CC3CC(CC(C3)C1)C2. The fourth-order valence-corrected chi connectivity index (χ4v) is 6.61. The van der Waals surface area contributed by atoms with E-state index in [1.54, 1.807) is 38.5 Å². The van der Waals surface area contributed by atoms with Crippen LogP contribution in [-0.2, 0) is 0 Å². The monoisotopic (exact) mass is 247 g/mol. The Bertz CT molecular complexity index is 286. The topological polar surface area (TPSA) is 3.24 Å². The van der Waals surface area contributed by atoms with E-state index >= 15 is 0 Å². The van der Waals surface area contributed by atoms with Crippen LogP contribution in [0.2, 0.25) is 0 Å². The van der Waals surface area contributed by atoms with Gasteiger partial charge in [-0.2, -0.15) is 0 Å². The lowest BCUT2D eigenvalue weighted by Gasteiger charge is -2.60. The van der Waals surface area contributed by atoms with Gasteiger partial charge in [0.25, 0.3) is 0 Å². The zero-order valence-corrected chi connectivity index (χ0v) is 12.0. The Morgan fingerprint density at radius 3 is 2.06 bits per heavy atom. The maximum absolute atomic E-state index is 2.76. The number of rotatable bonds is 1. The molecule has 5 rings (SSSR count). The van der Waals surface area contributed by atoms with Gasteiger partial charge in [0.05, 0.1) is 0 Å². The summed E-state index contributed by atoms with van der Waals surface area (Å²) in [7, 11) is 2.43. The van der Waals surface area contributed by atoms with Crippen LogP contribution < -0.4 is 0 Å². The smallest absolute Gasteiger partial charge is 0.0149 e. The van der Waals surface area contributed by atoms with Crippen LogP contribution in [0.1, 0.15) is 64.2 Å². The summed E-state index contributed by atoms with van der Waals surface area (Å²) in [5, 5.41) is 0. The number of likely N-dealkylation sites (tertiary alicyclic amines) is 1. The van der Waals surface area contributed by atoms with Gasteiger partial charge in [0.2, 0.25) is 0 Å². The first kappa shape index (κ1) is 11.8. The molecular weight excluding hydrogens is 218 g/mol. The van der Waals surface area contributed by atoms with Gasteiger partial charge in [-0.25, -0.2) is 0 Å². The van der Waals surface area contributed by atoms with Crippen LogP contribution in [0.4, 0.5) is 0 Å². The fourth-order valence-electron chi connectivity index (χ4n) is 6.61. The molecule has 18 heavy (non-hydrogen) atoms. The summed E-state index contributed by atoms with van der Waals surface area (Å²) in [5.74, 6) is 3.36. The maximum atomic E-state index is 2.76. The molecule has 1 atom stereocenters. The molecule has 4 aliphatic carbocycles. The molecule has 1 aliphatic heterocycles. The molecule has 4 bridgehead atoms. The minimum Gasteiger partial charge on any atom is -0.303 e. The number of hydrogen-bond acceptors (Lipinski definition) is 1.